The molecule has 152 valence electrons. The molecule has 0 radical (unpaired) electrons. The van der Waals surface area contributed by atoms with Crippen LogP contribution in [-0.4, -0.2) is 72.9 Å². The number of carbonyl (C=O) groups is 4. The summed E-state index contributed by atoms with van der Waals surface area (Å²) in [5.41, 5.74) is 0. The van der Waals surface area contributed by atoms with E-state index < -0.39 is 11.9 Å². The molecule has 1 aliphatic heterocycles. The standard InChI is InChI=1S/C20H26N2O6/c1-3-5-7-9-19(25)27-15-17(23)21-11-13-22(14-12-21)18(24)16-28-20(26)10-8-6-4-2/h3-10H,11-16H2,1-2H3/b5-3+,6-4+,9-7+,10-8+. The van der Waals surface area contributed by atoms with Crippen LogP contribution in [0.2, 0.25) is 0 Å². The summed E-state index contributed by atoms with van der Waals surface area (Å²) in [5, 5.41) is 0. The summed E-state index contributed by atoms with van der Waals surface area (Å²) >= 11 is 0. The van der Waals surface area contributed by atoms with Gasteiger partial charge in [-0.2, -0.15) is 0 Å². The van der Waals surface area contributed by atoms with Gasteiger partial charge in [-0.3, -0.25) is 9.59 Å². The Morgan fingerprint density at radius 2 is 1.04 bits per heavy atom. The van der Waals surface area contributed by atoms with Crippen LogP contribution in [0.1, 0.15) is 13.8 Å². The molecule has 8 heteroatoms. The highest BCUT2D eigenvalue weighted by atomic mass is 16.5. The van der Waals surface area contributed by atoms with Gasteiger partial charge in [0.2, 0.25) is 0 Å². The Labute approximate surface area is 164 Å². The number of hydrogen-bond acceptors (Lipinski definition) is 6. The van der Waals surface area contributed by atoms with Crippen molar-refractivity contribution >= 4 is 23.8 Å². The molecule has 0 atom stereocenters. The second-order valence-corrected chi connectivity index (χ2v) is 5.75. The van der Waals surface area contributed by atoms with Crippen LogP contribution in [-0.2, 0) is 28.7 Å². The minimum atomic E-state index is -0.592. The molecule has 0 saturated carbocycles. The number of ether oxygens (including phenoxy) is 2. The molecule has 1 fully saturated rings. The van der Waals surface area contributed by atoms with Crippen molar-refractivity contribution in [2.45, 2.75) is 13.8 Å². The average Bonchev–Trinajstić information content (AvgIpc) is 2.70. The van der Waals surface area contributed by atoms with Crippen molar-refractivity contribution in [2.24, 2.45) is 0 Å². The molecule has 0 aromatic heterocycles. The molecule has 8 nitrogen and oxygen atoms in total. The first-order chi connectivity index (χ1) is 13.5. The molecule has 0 aliphatic carbocycles. The van der Waals surface area contributed by atoms with Gasteiger partial charge in [0.15, 0.2) is 13.2 Å². The van der Waals surface area contributed by atoms with Crippen LogP contribution in [0.3, 0.4) is 0 Å². The summed E-state index contributed by atoms with van der Waals surface area (Å²) in [6, 6.07) is 0. The number of piperazine rings is 1. The lowest BCUT2D eigenvalue weighted by molar-refractivity contribution is -0.152. The second-order valence-electron chi connectivity index (χ2n) is 5.75. The smallest absolute Gasteiger partial charge is 0.331 e. The summed E-state index contributed by atoms with van der Waals surface area (Å²) in [4.78, 5) is 50.1. The molecular formula is C20H26N2O6. The number of nitrogens with zero attached hydrogens (tertiary/aromatic N) is 2. The van der Waals surface area contributed by atoms with Gasteiger partial charge in [0, 0.05) is 38.3 Å². The Morgan fingerprint density at radius 1 is 0.679 bits per heavy atom. The molecule has 2 amide bonds. The molecule has 1 saturated heterocycles. The van der Waals surface area contributed by atoms with Crippen molar-refractivity contribution in [2.75, 3.05) is 39.4 Å². The van der Waals surface area contributed by atoms with Crippen LogP contribution >= 0.6 is 0 Å². The number of amides is 2. The quantitative estimate of drug-likeness (QED) is 0.349. The Kier molecular flexibility index (Phi) is 10.7. The third-order valence-corrected chi connectivity index (χ3v) is 3.73. The van der Waals surface area contributed by atoms with E-state index in [9.17, 15) is 19.2 Å². The summed E-state index contributed by atoms with van der Waals surface area (Å²) in [5.74, 6) is -1.82. The number of esters is 2. The number of hydrogen-bond donors (Lipinski definition) is 0. The van der Waals surface area contributed by atoms with E-state index in [-0.39, 0.29) is 25.0 Å². The van der Waals surface area contributed by atoms with Gasteiger partial charge in [-0.05, 0) is 13.8 Å². The monoisotopic (exact) mass is 390 g/mol. The number of allylic oxidation sites excluding steroid dienone is 6. The van der Waals surface area contributed by atoms with E-state index in [2.05, 4.69) is 0 Å². The summed E-state index contributed by atoms with van der Waals surface area (Å²) in [6.45, 7) is 4.24. The van der Waals surface area contributed by atoms with Crippen LogP contribution in [0.15, 0.2) is 48.6 Å². The van der Waals surface area contributed by atoms with Crippen LogP contribution in [0.4, 0.5) is 0 Å². The third kappa shape index (κ3) is 8.98. The fourth-order valence-electron chi connectivity index (χ4n) is 2.24. The van der Waals surface area contributed by atoms with Gasteiger partial charge in [0.25, 0.3) is 11.8 Å². The summed E-state index contributed by atoms with van der Waals surface area (Å²) in [6.07, 6.45) is 12.4. The Hall–Kier alpha value is -3.16. The summed E-state index contributed by atoms with van der Waals surface area (Å²) in [7, 11) is 0. The van der Waals surface area contributed by atoms with E-state index in [1.54, 1.807) is 24.3 Å². The van der Waals surface area contributed by atoms with E-state index in [0.29, 0.717) is 26.2 Å². The molecule has 1 rings (SSSR count). The predicted molar refractivity (Wildman–Crippen MR) is 103 cm³/mol. The van der Waals surface area contributed by atoms with E-state index in [1.807, 2.05) is 13.8 Å². The van der Waals surface area contributed by atoms with Crippen LogP contribution in [0.5, 0.6) is 0 Å². The molecule has 1 aliphatic rings. The molecular weight excluding hydrogens is 364 g/mol. The molecule has 0 N–H and O–H groups in total. The second kappa shape index (κ2) is 13.1. The van der Waals surface area contributed by atoms with Crippen molar-refractivity contribution in [3.63, 3.8) is 0 Å². The van der Waals surface area contributed by atoms with Crippen LogP contribution < -0.4 is 0 Å². The predicted octanol–water partition coefficient (Wildman–Crippen LogP) is 1.01. The van der Waals surface area contributed by atoms with Crippen molar-refractivity contribution in [3.8, 4) is 0 Å². The van der Waals surface area contributed by atoms with Crippen molar-refractivity contribution in [3.05, 3.63) is 48.6 Å². The highest BCUT2D eigenvalue weighted by molar-refractivity contribution is 5.87. The van der Waals surface area contributed by atoms with E-state index >= 15 is 0 Å². The van der Waals surface area contributed by atoms with Gasteiger partial charge in [0.1, 0.15) is 0 Å². The van der Waals surface area contributed by atoms with Gasteiger partial charge >= 0.3 is 11.9 Å². The van der Waals surface area contributed by atoms with Gasteiger partial charge in [-0.15, -0.1) is 0 Å². The highest BCUT2D eigenvalue weighted by Gasteiger charge is 2.25. The van der Waals surface area contributed by atoms with E-state index in [1.165, 1.54) is 34.1 Å². The van der Waals surface area contributed by atoms with Crippen molar-refractivity contribution < 1.29 is 28.7 Å². The maximum atomic E-state index is 12.1. The largest absolute Gasteiger partial charge is 0.452 e. The molecule has 0 aromatic carbocycles. The zero-order valence-corrected chi connectivity index (χ0v) is 16.2. The fourth-order valence-corrected chi connectivity index (χ4v) is 2.24. The minimum Gasteiger partial charge on any atom is -0.452 e. The molecule has 0 unspecified atom stereocenters. The van der Waals surface area contributed by atoms with Crippen LogP contribution in [0.25, 0.3) is 0 Å². The molecule has 28 heavy (non-hydrogen) atoms. The van der Waals surface area contributed by atoms with Crippen molar-refractivity contribution in [1.82, 2.24) is 9.80 Å². The first-order valence-electron chi connectivity index (χ1n) is 8.95. The van der Waals surface area contributed by atoms with Gasteiger partial charge in [-0.25, -0.2) is 9.59 Å². The topological polar surface area (TPSA) is 93.2 Å². The van der Waals surface area contributed by atoms with E-state index in [0.717, 1.165) is 0 Å². The maximum absolute atomic E-state index is 12.1. The number of carbonyl (C=O) groups excluding carboxylic acids is 4. The Bertz CT molecular complexity index is 612. The third-order valence-electron chi connectivity index (χ3n) is 3.73. The Balaban J connectivity index is 2.31. The lowest BCUT2D eigenvalue weighted by Crippen LogP contribution is -2.52. The Morgan fingerprint density at radius 3 is 1.36 bits per heavy atom. The molecule has 0 bridgehead atoms. The molecule has 1 heterocycles. The number of rotatable bonds is 8. The lowest BCUT2D eigenvalue weighted by Gasteiger charge is -2.34. The first kappa shape index (κ1) is 22.9. The first-order valence-corrected chi connectivity index (χ1v) is 8.95. The zero-order chi connectivity index (χ0) is 20.8. The SMILES string of the molecule is C/C=C/C=C/C(=O)OCC(=O)N1CCN(C(=O)COC(=O)/C=C/C=C/C)CC1. The fraction of sp³-hybridized carbons (Fsp3) is 0.400. The minimum absolute atomic E-state index is 0.319. The zero-order valence-electron chi connectivity index (χ0n) is 16.2. The van der Waals surface area contributed by atoms with Gasteiger partial charge in [0.05, 0.1) is 0 Å². The molecule has 0 aromatic rings. The van der Waals surface area contributed by atoms with Crippen LogP contribution in [0, 0.1) is 0 Å². The molecule has 0 spiro atoms. The van der Waals surface area contributed by atoms with Gasteiger partial charge < -0.3 is 19.3 Å². The summed E-state index contributed by atoms with van der Waals surface area (Å²) < 4.78 is 9.77. The lowest BCUT2D eigenvalue weighted by atomic mass is 10.3. The van der Waals surface area contributed by atoms with Crippen molar-refractivity contribution in [1.29, 1.82) is 0 Å². The average molecular weight is 390 g/mol. The van der Waals surface area contributed by atoms with E-state index in [4.69, 9.17) is 9.47 Å². The maximum Gasteiger partial charge on any atom is 0.331 e. The van der Waals surface area contributed by atoms with Gasteiger partial charge in [-0.1, -0.05) is 36.5 Å². The normalized spacial score (nSPS) is 15.1. The highest BCUT2D eigenvalue weighted by Crippen LogP contribution is 2.04.